The molecule has 0 radical (unpaired) electrons. The molecule has 2 aliphatic rings. The Morgan fingerprint density at radius 1 is 1.24 bits per heavy atom. The second kappa shape index (κ2) is 7.25. The average molecular weight is 296 g/mol. The van der Waals surface area contributed by atoms with Crippen molar-refractivity contribution in [3.63, 3.8) is 0 Å². The minimum absolute atomic E-state index is 0.0579. The van der Waals surface area contributed by atoms with Crippen molar-refractivity contribution in [2.24, 2.45) is 11.8 Å². The van der Waals surface area contributed by atoms with Crippen molar-refractivity contribution in [1.29, 1.82) is 0 Å². The summed E-state index contributed by atoms with van der Waals surface area (Å²) in [5, 5.41) is 15.5. The third-order valence-corrected chi connectivity index (χ3v) is 5.24. The van der Waals surface area contributed by atoms with Crippen LogP contribution in [0.2, 0.25) is 0 Å². The van der Waals surface area contributed by atoms with Crippen molar-refractivity contribution in [2.45, 2.75) is 76.9 Å². The number of carboxylic acid groups (broad SMARTS) is 1. The van der Waals surface area contributed by atoms with E-state index in [1.54, 1.807) is 0 Å². The summed E-state index contributed by atoms with van der Waals surface area (Å²) in [7, 11) is 0. The van der Waals surface area contributed by atoms with E-state index in [2.05, 4.69) is 10.6 Å². The van der Waals surface area contributed by atoms with Crippen LogP contribution in [0.4, 0.5) is 0 Å². The Morgan fingerprint density at radius 3 is 2.62 bits per heavy atom. The van der Waals surface area contributed by atoms with Gasteiger partial charge in [-0.3, -0.25) is 4.79 Å². The zero-order valence-corrected chi connectivity index (χ0v) is 13.1. The molecule has 0 bridgehead atoms. The molecular formula is C16H28N2O3. The molecule has 5 atom stereocenters. The summed E-state index contributed by atoms with van der Waals surface area (Å²) in [4.78, 5) is 23.7. The van der Waals surface area contributed by atoms with Gasteiger partial charge < -0.3 is 15.7 Å². The molecule has 5 nitrogen and oxygen atoms in total. The fourth-order valence-corrected chi connectivity index (χ4v) is 3.64. The standard InChI is InChI=1S/C16H28N2O3/c1-3-10(2)14(16(20)21)18-15(19)13-9-8-11-6-4-5-7-12(11)17-13/h10-14,17H,3-9H2,1-2H3,(H,18,19)(H,20,21)/t10?,11?,12?,13?,14-/m0/s1. The van der Waals surface area contributed by atoms with E-state index >= 15 is 0 Å². The Hall–Kier alpha value is -1.10. The highest BCUT2D eigenvalue weighted by Crippen LogP contribution is 2.32. The van der Waals surface area contributed by atoms with E-state index < -0.39 is 12.0 Å². The predicted octanol–water partition coefficient (Wildman–Crippen LogP) is 1.91. The van der Waals surface area contributed by atoms with Crippen molar-refractivity contribution in [2.75, 3.05) is 0 Å². The first-order valence-corrected chi connectivity index (χ1v) is 8.32. The van der Waals surface area contributed by atoms with Gasteiger partial charge in [0.05, 0.1) is 6.04 Å². The van der Waals surface area contributed by atoms with Gasteiger partial charge in [0.25, 0.3) is 0 Å². The molecule has 1 aliphatic carbocycles. The maximum Gasteiger partial charge on any atom is 0.326 e. The number of carbonyl (C=O) groups excluding carboxylic acids is 1. The van der Waals surface area contributed by atoms with Crippen LogP contribution in [0.1, 0.15) is 58.8 Å². The monoisotopic (exact) mass is 296 g/mol. The molecule has 1 heterocycles. The molecule has 1 saturated heterocycles. The van der Waals surface area contributed by atoms with Crippen LogP contribution in [0.5, 0.6) is 0 Å². The fraction of sp³-hybridized carbons (Fsp3) is 0.875. The Kier molecular flexibility index (Phi) is 5.62. The van der Waals surface area contributed by atoms with E-state index in [0.717, 1.165) is 25.7 Å². The molecule has 0 aromatic heterocycles. The molecule has 0 spiro atoms. The Balaban J connectivity index is 1.92. The molecule has 0 aromatic carbocycles. The second-order valence-corrected chi connectivity index (χ2v) is 6.66. The number of carbonyl (C=O) groups is 2. The summed E-state index contributed by atoms with van der Waals surface area (Å²) in [6.07, 6.45) is 7.57. The first kappa shape index (κ1) is 16.3. The lowest BCUT2D eigenvalue weighted by Gasteiger charge is -2.40. The molecule has 4 unspecified atom stereocenters. The highest BCUT2D eigenvalue weighted by Gasteiger charge is 2.36. The number of carboxylic acids is 1. The molecule has 1 aliphatic heterocycles. The molecule has 0 aromatic rings. The van der Waals surface area contributed by atoms with Gasteiger partial charge in [0.15, 0.2) is 0 Å². The first-order chi connectivity index (χ1) is 10.0. The lowest BCUT2D eigenvalue weighted by atomic mass is 9.77. The second-order valence-electron chi connectivity index (χ2n) is 6.66. The van der Waals surface area contributed by atoms with Crippen molar-refractivity contribution in [3.05, 3.63) is 0 Å². The van der Waals surface area contributed by atoms with Gasteiger partial charge in [-0.25, -0.2) is 4.79 Å². The minimum Gasteiger partial charge on any atom is -0.480 e. The quantitative estimate of drug-likeness (QED) is 0.724. The molecular weight excluding hydrogens is 268 g/mol. The SMILES string of the molecule is CCC(C)[C@H](NC(=O)C1CCC2CCCCC2N1)C(=O)O. The number of hydrogen-bond donors (Lipinski definition) is 3. The third-order valence-electron chi connectivity index (χ3n) is 5.24. The molecule has 1 saturated carbocycles. The smallest absolute Gasteiger partial charge is 0.326 e. The van der Waals surface area contributed by atoms with E-state index in [0.29, 0.717) is 12.0 Å². The lowest BCUT2D eigenvalue weighted by Crippen LogP contribution is -2.57. The van der Waals surface area contributed by atoms with Crippen LogP contribution in [0.3, 0.4) is 0 Å². The number of amides is 1. The van der Waals surface area contributed by atoms with E-state index in [1.165, 1.54) is 19.3 Å². The number of nitrogens with one attached hydrogen (secondary N) is 2. The van der Waals surface area contributed by atoms with Gasteiger partial charge in [0, 0.05) is 6.04 Å². The predicted molar refractivity (Wildman–Crippen MR) is 80.9 cm³/mol. The maximum atomic E-state index is 12.4. The largest absolute Gasteiger partial charge is 0.480 e. The van der Waals surface area contributed by atoms with E-state index in [4.69, 9.17) is 0 Å². The van der Waals surface area contributed by atoms with Gasteiger partial charge >= 0.3 is 5.97 Å². The zero-order chi connectivity index (χ0) is 15.4. The molecule has 3 N–H and O–H groups in total. The van der Waals surface area contributed by atoms with Crippen LogP contribution in [0.15, 0.2) is 0 Å². The molecule has 1 amide bonds. The first-order valence-electron chi connectivity index (χ1n) is 8.32. The summed E-state index contributed by atoms with van der Waals surface area (Å²) >= 11 is 0. The molecule has 120 valence electrons. The molecule has 21 heavy (non-hydrogen) atoms. The van der Waals surface area contributed by atoms with Gasteiger partial charge in [-0.05, 0) is 37.5 Å². The van der Waals surface area contributed by atoms with Crippen LogP contribution < -0.4 is 10.6 Å². The van der Waals surface area contributed by atoms with E-state index in [1.807, 2.05) is 13.8 Å². The number of aliphatic carboxylic acids is 1. The molecule has 5 heteroatoms. The van der Waals surface area contributed by atoms with Gasteiger partial charge in [-0.2, -0.15) is 0 Å². The Labute approximate surface area is 126 Å². The van der Waals surface area contributed by atoms with Gasteiger partial charge in [-0.15, -0.1) is 0 Å². The Morgan fingerprint density at radius 2 is 1.95 bits per heavy atom. The highest BCUT2D eigenvalue weighted by atomic mass is 16.4. The van der Waals surface area contributed by atoms with Crippen LogP contribution >= 0.6 is 0 Å². The van der Waals surface area contributed by atoms with E-state index in [9.17, 15) is 14.7 Å². The zero-order valence-electron chi connectivity index (χ0n) is 13.1. The number of rotatable bonds is 5. The summed E-state index contributed by atoms with van der Waals surface area (Å²) in [5.41, 5.74) is 0. The fourth-order valence-electron chi connectivity index (χ4n) is 3.64. The van der Waals surface area contributed by atoms with Gasteiger partial charge in [0.1, 0.15) is 6.04 Å². The third kappa shape index (κ3) is 3.96. The van der Waals surface area contributed by atoms with Crippen LogP contribution in [-0.4, -0.2) is 35.1 Å². The van der Waals surface area contributed by atoms with Gasteiger partial charge in [0.2, 0.25) is 5.91 Å². The normalized spacial score (nSPS) is 31.8. The maximum absolute atomic E-state index is 12.4. The summed E-state index contributed by atoms with van der Waals surface area (Å²) < 4.78 is 0. The number of fused-ring (bicyclic) bond motifs is 1. The number of piperidine rings is 1. The topological polar surface area (TPSA) is 78.4 Å². The van der Waals surface area contributed by atoms with Crippen molar-refractivity contribution in [1.82, 2.24) is 10.6 Å². The number of hydrogen-bond acceptors (Lipinski definition) is 3. The summed E-state index contributed by atoms with van der Waals surface area (Å²) in [6, 6.07) is -0.571. The minimum atomic E-state index is -0.941. The molecule has 2 fully saturated rings. The average Bonchev–Trinajstić information content (AvgIpc) is 2.50. The summed E-state index contributed by atoms with van der Waals surface area (Å²) in [6.45, 7) is 3.81. The Bertz CT molecular complexity index is 386. The molecule has 2 rings (SSSR count). The summed E-state index contributed by atoms with van der Waals surface area (Å²) in [5.74, 6) is -0.444. The van der Waals surface area contributed by atoms with Crippen molar-refractivity contribution in [3.8, 4) is 0 Å². The lowest BCUT2D eigenvalue weighted by molar-refractivity contribution is -0.143. The van der Waals surface area contributed by atoms with Gasteiger partial charge in [-0.1, -0.05) is 33.1 Å². The highest BCUT2D eigenvalue weighted by molar-refractivity contribution is 5.87. The van der Waals surface area contributed by atoms with Crippen LogP contribution in [-0.2, 0) is 9.59 Å². The van der Waals surface area contributed by atoms with Crippen molar-refractivity contribution < 1.29 is 14.7 Å². The van der Waals surface area contributed by atoms with Crippen LogP contribution in [0.25, 0.3) is 0 Å². The van der Waals surface area contributed by atoms with E-state index in [-0.39, 0.29) is 17.9 Å². The van der Waals surface area contributed by atoms with Crippen LogP contribution in [0, 0.1) is 11.8 Å². The van der Waals surface area contributed by atoms with Crippen molar-refractivity contribution >= 4 is 11.9 Å².